The fourth-order valence-corrected chi connectivity index (χ4v) is 2.54. The van der Waals surface area contributed by atoms with E-state index < -0.39 is 0 Å². The molecule has 94 valence electrons. The summed E-state index contributed by atoms with van der Waals surface area (Å²) < 4.78 is 1.96. The van der Waals surface area contributed by atoms with Gasteiger partial charge >= 0.3 is 0 Å². The minimum absolute atomic E-state index is 0.678. The molecule has 17 heavy (non-hydrogen) atoms. The topological polar surface area (TPSA) is 42.7 Å². The lowest BCUT2D eigenvalue weighted by atomic mass is 9.80. The maximum Gasteiger partial charge on any atom is 0.146 e. The van der Waals surface area contributed by atoms with E-state index in [0.717, 1.165) is 24.8 Å². The summed E-state index contributed by atoms with van der Waals surface area (Å²) in [6, 6.07) is 0. The van der Waals surface area contributed by atoms with Crippen LogP contribution in [0.3, 0.4) is 0 Å². The highest BCUT2D eigenvalue weighted by Crippen LogP contribution is 2.29. The monoisotopic (exact) mass is 234 g/mol. The molecule has 1 aliphatic carbocycles. The van der Waals surface area contributed by atoms with Crippen molar-refractivity contribution in [1.82, 2.24) is 20.1 Å². The van der Waals surface area contributed by atoms with E-state index in [4.69, 9.17) is 0 Å². The lowest BCUT2D eigenvalue weighted by Gasteiger charge is -2.28. The van der Waals surface area contributed by atoms with Crippen molar-refractivity contribution < 1.29 is 0 Å². The van der Waals surface area contributed by atoms with Crippen LogP contribution >= 0.6 is 0 Å². The van der Waals surface area contributed by atoms with Crippen LogP contribution in [0.15, 0.2) is 18.0 Å². The van der Waals surface area contributed by atoms with Gasteiger partial charge in [0.15, 0.2) is 0 Å². The molecule has 0 unspecified atom stereocenters. The molecule has 0 spiro atoms. The number of nitrogens with one attached hydrogen (secondary N) is 1. The predicted octanol–water partition coefficient (Wildman–Crippen LogP) is 1.90. The molecular formula is C13H22N4. The fourth-order valence-electron chi connectivity index (χ4n) is 2.54. The Labute approximate surface area is 103 Å². The van der Waals surface area contributed by atoms with Crippen LogP contribution in [0, 0.1) is 11.8 Å². The first-order chi connectivity index (χ1) is 8.18. The predicted molar refractivity (Wildman–Crippen MR) is 68.4 cm³/mol. The van der Waals surface area contributed by atoms with Crippen LogP contribution in [0.1, 0.15) is 32.5 Å². The zero-order valence-electron chi connectivity index (χ0n) is 11.0. The number of nitrogens with zero attached hydrogens (tertiary/aromatic N) is 3. The van der Waals surface area contributed by atoms with Crippen molar-refractivity contribution in [3.05, 3.63) is 23.8 Å². The van der Waals surface area contributed by atoms with E-state index in [9.17, 15) is 0 Å². The van der Waals surface area contributed by atoms with Gasteiger partial charge in [0.05, 0.1) is 6.54 Å². The maximum absolute atomic E-state index is 4.07. The van der Waals surface area contributed by atoms with Gasteiger partial charge in [0.2, 0.25) is 0 Å². The highest BCUT2D eigenvalue weighted by atomic mass is 15.3. The molecule has 0 aliphatic heterocycles. The van der Waals surface area contributed by atoms with Gasteiger partial charge in [-0.3, -0.25) is 0 Å². The van der Waals surface area contributed by atoms with Crippen LogP contribution in [0.5, 0.6) is 0 Å². The van der Waals surface area contributed by atoms with E-state index in [1.807, 2.05) is 11.6 Å². The number of rotatable bonds is 4. The minimum atomic E-state index is 0.678. The van der Waals surface area contributed by atoms with E-state index >= 15 is 0 Å². The number of hydrogen-bond acceptors (Lipinski definition) is 3. The van der Waals surface area contributed by atoms with Crippen LogP contribution in [0.25, 0.3) is 0 Å². The third kappa shape index (κ3) is 2.94. The largest absolute Gasteiger partial charge is 0.320 e. The molecule has 0 aromatic carbocycles. The van der Waals surface area contributed by atoms with Gasteiger partial charge < -0.3 is 9.88 Å². The Kier molecular flexibility index (Phi) is 3.94. The Morgan fingerprint density at radius 3 is 3.00 bits per heavy atom. The summed E-state index contributed by atoms with van der Waals surface area (Å²) in [6.07, 6.45) is 6.68. The lowest BCUT2D eigenvalue weighted by molar-refractivity contribution is 0.348. The van der Waals surface area contributed by atoms with Crippen molar-refractivity contribution in [2.24, 2.45) is 18.9 Å². The van der Waals surface area contributed by atoms with Gasteiger partial charge in [-0.15, -0.1) is 10.2 Å². The molecular weight excluding hydrogens is 212 g/mol. The smallest absolute Gasteiger partial charge is 0.146 e. The Bertz CT molecular complexity index is 394. The molecule has 2 rings (SSSR count). The molecule has 0 amide bonds. The average molecular weight is 234 g/mol. The van der Waals surface area contributed by atoms with Gasteiger partial charge in [-0.1, -0.05) is 18.6 Å². The summed E-state index contributed by atoms with van der Waals surface area (Å²) in [5, 5.41) is 11.4. The van der Waals surface area contributed by atoms with E-state index in [0.29, 0.717) is 5.92 Å². The summed E-state index contributed by atoms with van der Waals surface area (Å²) in [4.78, 5) is 0. The van der Waals surface area contributed by atoms with Crippen molar-refractivity contribution in [1.29, 1.82) is 0 Å². The van der Waals surface area contributed by atoms with Crippen LogP contribution in [-0.4, -0.2) is 21.3 Å². The van der Waals surface area contributed by atoms with Crippen molar-refractivity contribution in [3.8, 4) is 0 Å². The molecule has 0 radical (unpaired) electrons. The fraction of sp³-hybridized carbons (Fsp3) is 0.692. The van der Waals surface area contributed by atoms with Crippen molar-refractivity contribution in [2.45, 2.75) is 33.2 Å². The van der Waals surface area contributed by atoms with Gasteiger partial charge in [-0.25, -0.2) is 0 Å². The Hall–Kier alpha value is -1.16. The molecule has 1 aromatic heterocycles. The second-order valence-electron chi connectivity index (χ2n) is 5.10. The maximum atomic E-state index is 4.07. The first kappa shape index (κ1) is 12.3. The van der Waals surface area contributed by atoms with Gasteiger partial charge in [-0.2, -0.15) is 0 Å². The molecule has 1 aromatic rings. The molecule has 1 aliphatic rings. The summed E-state index contributed by atoms with van der Waals surface area (Å²) >= 11 is 0. The van der Waals surface area contributed by atoms with Gasteiger partial charge in [-0.05, 0) is 31.6 Å². The van der Waals surface area contributed by atoms with Gasteiger partial charge in [0.25, 0.3) is 0 Å². The molecule has 2 atom stereocenters. The zero-order chi connectivity index (χ0) is 12.3. The number of allylic oxidation sites excluding steroid dienone is 1. The molecule has 1 heterocycles. The van der Waals surface area contributed by atoms with E-state index in [2.05, 4.69) is 35.4 Å². The van der Waals surface area contributed by atoms with Crippen LogP contribution < -0.4 is 5.32 Å². The Morgan fingerprint density at radius 2 is 2.35 bits per heavy atom. The third-order valence-corrected chi connectivity index (χ3v) is 3.81. The third-order valence-electron chi connectivity index (χ3n) is 3.81. The number of hydrogen-bond donors (Lipinski definition) is 1. The van der Waals surface area contributed by atoms with Crippen molar-refractivity contribution in [2.75, 3.05) is 6.54 Å². The second kappa shape index (κ2) is 5.45. The quantitative estimate of drug-likeness (QED) is 0.809. The highest BCUT2D eigenvalue weighted by molar-refractivity contribution is 5.09. The Morgan fingerprint density at radius 1 is 1.53 bits per heavy atom. The lowest BCUT2D eigenvalue weighted by Crippen LogP contribution is -2.30. The molecule has 0 bridgehead atoms. The number of aryl methyl sites for hydroxylation is 1. The first-order valence-electron chi connectivity index (χ1n) is 6.38. The summed E-state index contributed by atoms with van der Waals surface area (Å²) in [5.74, 6) is 2.46. The van der Waals surface area contributed by atoms with Crippen LogP contribution in [0.2, 0.25) is 0 Å². The second-order valence-corrected chi connectivity index (χ2v) is 5.10. The summed E-state index contributed by atoms with van der Waals surface area (Å²) in [6.45, 7) is 6.44. The summed E-state index contributed by atoms with van der Waals surface area (Å²) in [5.41, 5.74) is 1.54. The molecule has 0 fully saturated rings. The van der Waals surface area contributed by atoms with Gasteiger partial charge in [0.1, 0.15) is 12.2 Å². The molecule has 0 saturated heterocycles. The standard InChI is InChI=1S/C13H22N4/c1-10-5-4-6-11(2)12(10)7-14-8-13-16-15-9-17(13)3/h5,9,11-12,14H,4,6-8H2,1-3H3/t11-,12-/m1/s1. The molecule has 4 nitrogen and oxygen atoms in total. The Balaban J connectivity index is 1.84. The number of aromatic nitrogens is 3. The van der Waals surface area contributed by atoms with E-state index in [1.54, 1.807) is 6.33 Å². The zero-order valence-corrected chi connectivity index (χ0v) is 11.0. The van der Waals surface area contributed by atoms with E-state index in [-0.39, 0.29) is 0 Å². The van der Waals surface area contributed by atoms with Crippen molar-refractivity contribution >= 4 is 0 Å². The molecule has 1 N–H and O–H groups in total. The normalized spacial score (nSPS) is 24.8. The SMILES string of the molecule is CC1=CCC[C@@H](C)[C@@H]1CNCc1nncn1C. The average Bonchev–Trinajstić information content (AvgIpc) is 2.69. The summed E-state index contributed by atoms with van der Waals surface area (Å²) in [7, 11) is 1.98. The minimum Gasteiger partial charge on any atom is -0.320 e. The van der Waals surface area contributed by atoms with Crippen LogP contribution in [0.4, 0.5) is 0 Å². The van der Waals surface area contributed by atoms with E-state index in [1.165, 1.54) is 18.4 Å². The first-order valence-corrected chi connectivity index (χ1v) is 6.38. The van der Waals surface area contributed by atoms with Crippen molar-refractivity contribution in [3.63, 3.8) is 0 Å². The molecule has 4 heteroatoms. The van der Waals surface area contributed by atoms with Crippen LogP contribution in [-0.2, 0) is 13.6 Å². The molecule has 0 saturated carbocycles. The highest BCUT2D eigenvalue weighted by Gasteiger charge is 2.21. The van der Waals surface area contributed by atoms with Gasteiger partial charge in [0, 0.05) is 13.6 Å².